The molecule has 0 saturated carbocycles. The van der Waals surface area contributed by atoms with E-state index in [4.69, 9.17) is 0 Å². The molecule has 14 heavy (non-hydrogen) atoms. The summed E-state index contributed by atoms with van der Waals surface area (Å²) in [6.45, 7) is 7.12. The Hall–Kier alpha value is -1.00. The molecule has 0 spiro atoms. The molecule has 0 bridgehead atoms. The number of rotatable bonds is 6. The van der Waals surface area contributed by atoms with Crippen LogP contribution in [0.3, 0.4) is 0 Å². The van der Waals surface area contributed by atoms with Gasteiger partial charge in [0.1, 0.15) is 0 Å². The highest BCUT2D eigenvalue weighted by molar-refractivity contribution is 5.04. The molecule has 0 aliphatic heterocycles. The lowest BCUT2D eigenvalue weighted by molar-refractivity contribution is 0.555. The van der Waals surface area contributed by atoms with Crippen LogP contribution in [-0.2, 0) is 6.54 Å². The first-order valence-electron chi connectivity index (χ1n) is 4.98. The molecular weight excluding hydrogens is 176 g/mol. The van der Waals surface area contributed by atoms with Crippen LogP contribution < -0.4 is 10.6 Å². The molecule has 2 N–H and O–H groups in total. The van der Waals surface area contributed by atoms with Crippen molar-refractivity contribution >= 4 is 0 Å². The van der Waals surface area contributed by atoms with Crippen LogP contribution in [0, 0.1) is 0 Å². The molecule has 4 nitrogen and oxygen atoms in total. The molecule has 0 saturated heterocycles. The largest absolute Gasteiger partial charge is 0.313 e. The highest BCUT2D eigenvalue weighted by Gasteiger charge is 1.93. The minimum Gasteiger partial charge on any atom is -0.313 e. The highest BCUT2D eigenvalue weighted by atomic mass is 15.1. The van der Waals surface area contributed by atoms with Crippen molar-refractivity contribution in [1.29, 1.82) is 0 Å². The fourth-order valence-corrected chi connectivity index (χ4v) is 1.10. The maximum absolute atomic E-state index is 3.81. The minimum atomic E-state index is 0.555. The van der Waals surface area contributed by atoms with Crippen molar-refractivity contribution in [3.8, 4) is 0 Å². The van der Waals surface area contributed by atoms with E-state index in [0.717, 1.165) is 19.6 Å². The highest BCUT2D eigenvalue weighted by Crippen LogP contribution is 1.91. The average Bonchev–Trinajstić information content (AvgIpc) is 2.18. The first-order valence-corrected chi connectivity index (χ1v) is 4.98. The zero-order valence-corrected chi connectivity index (χ0v) is 8.83. The molecular formula is C10H18N4. The third-order valence-corrected chi connectivity index (χ3v) is 1.83. The summed E-state index contributed by atoms with van der Waals surface area (Å²) in [6.07, 6.45) is 3.49. The van der Waals surface area contributed by atoms with E-state index in [1.807, 2.05) is 6.07 Å². The van der Waals surface area contributed by atoms with Crippen LogP contribution >= 0.6 is 0 Å². The van der Waals surface area contributed by atoms with Crippen molar-refractivity contribution in [3.63, 3.8) is 0 Å². The van der Waals surface area contributed by atoms with Gasteiger partial charge in [0.2, 0.25) is 0 Å². The quantitative estimate of drug-likeness (QED) is 0.650. The molecule has 0 fully saturated rings. The molecule has 1 aromatic rings. The van der Waals surface area contributed by atoms with E-state index in [2.05, 4.69) is 34.7 Å². The smallest absolute Gasteiger partial charge is 0.0541 e. The maximum Gasteiger partial charge on any atom is 0.0541 e. The number of aromatic nitrogens is 2. The van der Waals surface area contributed by atoms with Gasteiger partial charge in [-0.05, 0) is 11.6 Å². The summed E-state index contributed by atoms with van der Waals surface area (Å²) in [5.41, 5.74) is 1.17. The van der Waals surface area contributed by atoms with Crippen molar-refractivity contribution < 1.29 is 0 Å². The predicted molar refractivity (Wildman–Crippen MR) is 56.9 cm³/mol. The molecule has 1 aromatic heterocycles. The lowest BCUT2D eigenvalue weighted by Crippen LogP contribution is -2.31. The van der Waals surface area contributed by atoms with E-state index in [0.29, 0.717) is 6.04 Å². The standard InChI is InChI=1S/C10H18N4/c1-9(2)12-6-5-11-7-10-3-4-13-14-8-10/h3-4,8-9,11-12H,5-7H2,1-2H3. The Morgan fingerprint density at radius 1 is 1.29 bits per heavy atom. The molecule has 0 aromatic carbocycles. The molecule has 1 rings (SSSR count). The van der Waals surface area contributed by atoms with Gasteiger partial charge in [-0.3, -0.25) is 0 Å². The Bertz CT molecular complexity index is 235. The van der Waals surface area contributed by atoms with Gasteiger partial charge in [-0.1, -0.05) is 13.8 Å². The van der Waals surface area contributed by atoms with Gasteiger partial charge >= 0.3 is 0 Å². The summed E-state index contributed by atoms with van der Waals surface area (Å²) in [7, 11) is 0. The minimum absolute atomic E-state index is 0.555. The van der Waals surface area contributed by atoms with Crippen molar-refractivity contribution in [2.24, 2.45) is 0 Å². The Labute approximate surface area is 85.1 Å². The Kier molecular flexibility index (Phi) is 5.11. The van der Waals surface area contributed by atoms with Gasteiger partial charge in [-0.25, -0.2) is 0 Å². The average molecular weight is 194 g/mol. The second kappa shape index (κ2) is 6.45. The molecule has 4 heteroatoms. The van der Waals surface area contributed by atoms with E-state index in [-0.39, 0.29) is 0 Å². The van der Waals surface area contributed by atoms with Crippen molar-refractivity contribution in [1.82, 2.24) is 20.8 Å². The third kappa shape index (κ3) is 4.89. The van der Waals surface area contributed by atoms with Crippen LogP contribution in [0.1, 0.15) is 19.4 Å². The van der Waals surface area contributed by atoms with E-state index in [9.17, 15) is 0 Å². The fourth-order valence-electron chi connectivity index (χ4n) is 1.10. The molecule has 0 amide bonds. The van der Waals surface area contributed by atoms with Gasteiger partial charge in [-0.2, -0.15) is 10.2 Å². The maximum atomic E-state index is 3.81. The lowest BCUT2D eigenvalue weighted by atomic mass is 10.3. The Balaban J connectivity index is 2.05. The molecule has 0 unspecified atom stereocenters. The third-order valence-electron chi connectivity index (χ3n) is 1.83. The van der Waals surface area contributed by atoms with Crippen LogP contribution in [0.15, 0.2) is 18.5 Å². The second-order valence-electron chi connectivity index (χ2n) is 3.54. The van der Waals surface area contributed by atoms with Crippen LogP contribution in [0.5, 0.6) is 0 Å². The van der Waals surface area contributed by atoms with Crippen LogP contribution in [0.4, 0.5) is 0 Å². The van der Waals surface area contributed by atoms with Gasteiger partial charge < -0.3 is 10.6 Å². The molecule has 78 valence electrons. The van der Waals surface area contributed by atoms with Crippen LogP contribution in [0.25, 0.3) is 0 Å². The molecule has 0 aliphatic rings. The summed E-state index contributed by atoms with van der Waals surface area (Å²) in [6, 6.07) is 2.52. The number of nitrogens with zero attached hydrogens (tertiary/aromatic N) is 2. The summed E-state index contributed by atoms with van der Waals surface area (Å²) < 4.78 is 0. The van der Waals surface area contributed by atoms with Gasteiger partial charge in [0.25, 0.3) is 0 Å². The van der Waals surface area contributed by atoms with Crippen LogP contribution in [0.2, 0.25) is 0 Å². The normalized spacial score (nSPS) is 10.8. The predicted octanol–water partition coefficient (Wildman–Crippen LogP) is 0.564. The topological polar surface area (TPSA) is 49.8 Å². The van der Waals surface area contributed by atoms with E-state index in [1.165, 1.54) is 5.56 Å². The van der Waals surface area contributed by atoms with E-state index >= 15 is 0 Å². The number of hydrogen-bond donors (Lipinski definition) is 2. The first kappa shape index (κ1) is 11.1. The van der Waals surface area contributed by atoms with Crippen molar-refractivity contribution in [3.05, 3.63) is 24.0 Å². The number of hydrogen-bond acceptors (Lipinski definition) is 4. The van der Waals surface area contributed by atoms with Crippen LogP contribution in [-0.4, -0.2) is 29.3 Å². The summed E-state index contributed by atoms with van der Waals surface area (Å²) >= 11 is 0. The zero-order valence-electron chi connectivity index (χ0n) is 8.83. The Morgan fingerprint density at radius 3 is 2.79 bits per heavy atom. The molecule has 0 atom stereocenters. The molecule has 0 aliphatic carbocycles. The molecule has 1 heterocycles. The summed E-state index contributed by atoms with van der Waals surface area (Å²) in [4.78, 5) is 0. The molecule has 0 radical (unpaired) electrons. The van der Waals surface area contributed by atoms with Gasteiger partial charge in [0, 0.05) is 31.9 Å². The summed E-state index contributed by atoms with van der Waals surface area (Å²) in [5.74, 6) is 0. The monoisotopic (exact) mass is 194 g/mol. The zero-order chi connectivity index (χ0) is 10.2. The van der Waals surface area contributed by atoms with E-state index in [1.54, 1.807) is 12.4 Å². The van der Waals surface area contributed by atoms with Crippen molar-refractivity contribution in [2.75, 3.05) is 13.1 Å². The lowest BCUT2D eigenvalue weighted by Gasteiger charge is -2.08. The Morgan fingerprint density at radius 2 is 2.14 bits per heavy atom. The fraction of sp³-hybridized carbons (Fsp3) is 0.600. The van der Waals surface area contributed by atoms with Crippen molar-refractivity contribution in [2.45, 2.75) is 26.4 Å². The van der Waals surface area contributed by atoms with E-state index < -0.39 is 0 Å². The summed E-state index contributed by atoms with van der Waals surface area (Å²) in [5, 5.41) is 14.2. The first-order chi connectivity index (χ1) is 6.79. The van der Waals surface area contributed by atoms with Gasteiger partial charge in [0.05, 0.1) is 6.20 Å². The number of nitrogens with one attached hydrogen (secondary N) is 2. The van der Waals surface area contributed by atoms with Gasteiger partial charge in [0.15, 0.2) is 0 Å². The second-order valence-corrected chi connectivity index (χ2v) is 3.54. The SMILES string of the molecule is CC(C)NCCNCc1ccnnc1. The van der Waals surface area contributed by atoms with Gasteiger partial charge in [-0.15, -0.1) is 0 Å².